The zero-order chi connectivity index (χ0) is 15.8. The van der Waals surface area contributed by atoms with E-state index in [-0.39, 0.29) is 5.75 Å². The third kappa shape index (κ3) is 3.05. The molecule has 2 aromatic carbocycles. The van der Waals surface area contributed by atoms with Gasteiger partial charge in [-0.2, -0.15) is 8.42 Å². The minimum Gasteiger partial charge on any atom is -0.378 e. The Balaban J connectivity index is 2.53. The third-order valence-electron chi connectivity index (χ3n) is 2.97. The zero-order valence-electron chi connectivity index (χ0n) is 11.8. The van der Waals surface area contributed by atoms with E-state index in [0.29, 0.717) is 11.1 Å². The lowest BCUT2D eigenvalue weighted by Crippen LogP contribution is -2.15. The van der Waals surface area contributed by atoms with Crippen LogP contribution in [0.1, 0.15) is 16.7 Å². The second-order valence-corrected chi connectivity index (χ2v) is 6.30. The summed E-state index contributed by atoms with van der Waals surface area (Å²) in [7, 11) is -4.58. The summed E-state index contributed by atoms with van der Waals surface area (Å²) < 4.78 is 56.4. The molecular weight excluding hydrogens is 298 g/mol. The van der Waals surface area contributed by atoms with Crippen molar-refractivity contribution in [3.05, 3.63) is 58.7 Å². The Bertz CT molecular complexity index is 755. The number of aryl methyl sites for hydroxylation is 3. The van der Waals surface area contributed by atoms with Crippen LogP contribution in [-0.4, -0.2) is 8.42 Å². The lowest BCUT2D eigenvalue weighted by molar-refractivity contribution is 0.457. The monoisotopic (exact) mass is 312 g/mol. The van der Waals surface area contributed by atoms with Crippen LogP contribution < -0.4 is 4.18 Å². The van der Waals surface area contributed by atoms with Crippen molar-refractivity contribution >= 4 is 10.1 Å². The molecule has 0 amide bonds. The number of benzene rings is 2. The van der Waals surface area contributed by atoms with Gasteiger partial charge in [0, 0.05) is 0 Å². The van der Waals surface area contributed by atoms with E-state index in [1.165, 1.54) is 0 Å². The molecule has 0 atom stereocenters. The first-order chi connectivity index (χ1) is 9.72. The lowest BCUT2D eigenvalue weighted by Gasteiger charge is -2.13. The molecule has 0 saturated heterocycles. The number of hydrogen-bond acceptors (Lipinski definition) is 3. The molecule has 0 aliphatic carbocycles. The minimum absolute atomic E-state index is 0.0863. The summed E-state index contributed by atoms with van der Waals surface area (Å²) in [5.74, 6) is -2.28. The largest absolute Gasteiger partial charge is 0.378 e. The van der Waals surface area contributed by atoms with Crippen molar-refractivity contribution in [3.8, 4) is 5.75 Å². The van der Waals surface area contributed by atoms with Crippen LogP contribution >= 0.6 is 0 Å². The quantitative estimate of drug-likeness (QED) is 0.812. The van der Waals surface area contributed by atoms with Gasteiger partial charge < -0.3 is 4.18 Å². The van der Waals surface area contributed by atoms with Gasteiger partial charge in [-0.15, -0.1) is 0 Å². The normalized spacial score (nSPS) is 11.5. The van der Waals surface area contributed by atoms with Crippen LogP contribution in [0.25, 0.3) is 0 Å². The summed E-state index contributed by atoms with van der Waals surface area (Å²) in [6, 6.07) is 6.29. The average molecular weight is 312 g/mol. The van der Waals surface area contributed by atoms with Crippen molar-refractivity contribution < 1.29 is 21.4 Å². The second kappa shape index (κ2) is 5.44. The first-order valence-electron chi connectivity index (χ1n) is 6.18. The van der Waals surface area contributed by atoms with Gasteiger partial charge >= 0.3 is 10.1 Å². The Morgan fingerprint density at radius 1 is 0.952 bits per heavy atom. The van der Waals surface area contributed by atoms with Gasteiger partial charge in [0.05, 0.1) is 0 Å². The second-order valence-electron chi connectivity index (χ2n) is 4.82. The molecule has 0 radical (unpaired) electrons. The van der Waals surface area contributed by atoms with Crippen LogP contribution in [0.5, 0.6) is 5.75 Å². The van der Waals surface area contributed by atoms with Crippen molar-refractivity contribution in [1.29, 1.82) is 0 Å². The maximum absolute atomic E-state index is 13.6. The molecule has 0 saturated carbocycles. The molecule has 0 N–H and O–H groups in total. The highest BCUT2D eigenvalue weighted by atomic mass is 32.2. The Morgan fingerprint density at radius 3 is 1.90 bits per heavy atom. The molecule has 0 aromatic heterocycles. The molecule has 0 fully saturated rings. The predicted molar refractivity (Wildman–Crippen MR) is 74.8 cm³/mol. The molecule has 0 bridgehead atoms. The summed E-state index contributed by atoms with van der Waals surface area (Å²) in [6.07, 6.45) is 0. The highest BCUT2D eigenvalue weighted by Crippen LogP contribution is 2.29. The molecule has 2 aromatic rings. The molecule has 112 valence electrons. The van der Waals surface area contributed by atoms with Gasteiger partial charge in [-0.25, -0.2) is 8.78 Å². The summed E-state index contributed by atoms with van der Waals surface area (Å²) in [4.78, 5) is -1.08. The minimum atomic E-state index is -4.58. The smallest absolute Gasteiger partial charge is 0.345 e. The maximum atomic E-state index is 13.6. The fraction of sp³-hybridized carbons (Fsp3) is 0.200. The van der Waals surface area contributed by atoms with Gasteiger partial charge in [0.2, 0.25) is 0 Å². The molecule has 21 heavy (non-hydrogen) atoms. The summed E-state index contributed by atoms with van der Waals surface area (Å²) >= 11 is 0. The summed E-state index contributed by atoms with van der Waals surface area (Å²) in [5, 5.41) is 0. The molecule has 0 unspecified atom stereocenters. The zero-order valence-corrected chi connectivity index (χ0v) is 12.6. The van der Waals surface area contributed by atoms with E-state index in [1.807, 2.05) is 6.92 Å². The van der Waals surface area contributed by atoms with E-state index in [2.05, 4.69) is 0 Å². The van der Waals surface area contributed by atoms with Crippen molar-refractivity contribution in [1.82, 2.24) is 0 Å². The Morgan fingerprint density at radius 2 is 1.43 bits per heavy atom. The van der Waals surface area contributed by atoms with Gasteiger partial charge in [0.25, 0.3) is 0 Å². The fourth-order valence-corrected chi connectivity index (χ4v) is 3.35. The van der Waals surface area contributed by atoms with Crippen molar-refractivity contribution in [2.75, 3.05) is 0 Å². The topological polar surface area (TPSA) is 43.4 Å². The third-order valence-corrected chi connectivity index (χ3v) is 4.24. The Kier molecular flexibility index (Phi) is 4.00. The Labute approximate surface area is 122 Å². The molecular formula is C15H14F2O3S. The number of hydrogen-bond donors (Lipinski definition) is 0. The van der Waals surface area contributed by atoms with Crippen molar-refractivity contribution in [2.45, 2.75) is 25.7 Å². The molecule has 0 heterocycles. The van der Waals surface area contributed by atoms with Crippen LogP contribution in [0.4, 0.5) is 8.78 Å². The SMILES string of the molecule is Cc1cc(C)c(OS(=O)(=O)c2c(F)cccc2F)c(C)c1. The van der Waals surface area contributed by atoms with E-state index in [9.17, 15) is 17.2 Å². The molecule has 3 nitrogen and oxygen atoms in total. The summed E-state index contributed by atoms with van der Waals surface area (Å²) in [5.41, 5.74) is 2.09. The first kappa shape index (κ1) is 15.4. The molecule has 0 aliphatic heterocycles. The summed E-state index contributed by atoms with van der Waals surface area (Å²) in [6.45, 7) is 5.19. The number of rotatable bonds is 3. The number of halogens is 2. The van der Waals surface area contributed by atoms with E-state index in [0.717, 1.165) is 23.8 Å². The van der Waals surface area contributed by atoms with Crippen LogP contribution in [-0.2, 0) is 10.1 Å². The van der Waals surface area contributed by atoms with Gasteiger partial charge in [0.1, 0.15) is 17.4 Å². The molecule has 0 aliphatic rings. The average Bonchev–Trinajstić information content (AvgIpc) is 2.33. The van der Waals surface area contributed by atoms with Gasteiger partial charge in [-0.1, -0.05) is 23.8 Å². The van der Waals surface area contributed by atoms with Crippen molar-refractivity contribution in [3.63, 3.8) is 0 Å². The van der Waals surface area contributed by atoms with Crippen LogP contribution in [0.15, 0.2) is 35.2 Å². The van der Waals surface area contributed by atoms with E-state index < -0.39 is 26.6 Å². The molecule has 0 spiro atoms. The van der Waals surface area contributed by atoms with E-state index >= 15 is 0 Å². The van der Waals surface area contributed by atoms with Gasteiger partial charge in [0.15, 0.2) is 4.90 Å². The Hall–Kier alpha value is -1.95. The fourth-order valence-electron chi connectivity index (χ4n) is 2.17. The first-order valence-corrected chi connectivity index (χ1v) is 7.59. The maximum Gasteiger partial charge on any atom is 0.345 e. The van der Waals surface area contributed by atoms with Crippen LogP contribution in [0.2, 0.25) is 0 Å². The van der Waals surface area contributed by atoms with Gasteiger partial charge in [-0.05, 0) is 44.0 Å². The highest BCUT2D eigenvalue weighted by Gasteiger charge is 2.27. The highest BCUT2D eigenvalue weighted by molar-refractivity contribution is 7.87. The van der Waals surface area contributed by atoms with Gasteiger partial charge in [-0.3, -0.25) is 0 Å². The van der Waals surface area contributed by atoms with Crippen molar-refractivity contribution in [2.24, 2.45) is 0 Å². The van der Waals surface area contributed by atoms with Crippen LogP contribution in [0.3, 0.4) is 0 Å². The van der Waals surface area contributed by atoms with Crippen LogP contribution in [0, 0.1) is 32.4 Å². The van der Waals surface area contributed by atoms with E-state index in [4.69, 9.17) is 4.18 Å². The lowest BCUT2D eigenvalue weighted by atomic mass is 10.1. The molecule has 2 rings (SSSR count). The standard InChI is InChI=1S/C15H14F2O3S/c1-9-7-10(2)14(11(3)8-9)20-21(18,19)15-12(16)5-4-6-13(15)17/h4-8H,1-3H3. The van der Waals surface area contributed by atoms with E-state index in [1.54, 1.807) is 26.0 Å². The predicted octanol–water partition coefficient (Wildman–Crippen LogP) is 3.66. The molecule has 6 heteroatoms.